The van der Waals surface area contributed by atoms with Gasteiger partial charge in [0.25, 0.3) is 5.91 Å². The highest BCUT2D eigenvalue weighted by Crippen LogP contribution is 2.32. The van der Waals surface area contributed by atoms with Crippen molar-refractivity contribution in [3.63, 3.8) is 0 Å². The number of anilines is 1. The van der Waals surface area contributed by atoms with Gasteiger partial charge in [0.1, 0.15) is 36.1 Å². The fourth-order valence-electron chi connectivity index (χ4n) is 4.98. The molecule has 12 nitrogen and oxygen atoms in total. The molecular formula is C29H28BrFN8O4. The number of Topliss-reactive ketones (excluding diaryl/α,β-unsaturated/α-hetero) is 1. The van der Waals surface area contributed by atoms with Gasteiger partial charge in [-0.25, -0.2) is 19.3 Å². The molecule has 4 aromatic rings. The van der Waals surface area contributed by atoms with E-state index in [1.54, 1.807) is 57.7 Å². The first-order valence-corrected chi connectivity index (χ1v) is 14.1. The molecule has 0 unspecified atom stereocenters. The van der Waals surface area contributed by atoms with Crippen LogP contribution in [0.4, 0.5) is 10.2 Å². The van der Waals surface area contributed by atoms with Crippen molar-refractivity contribution < 1.29 is 23.6 Å². The molecule has 0 radical (unpaired) electrons. The maximum absolute atomic E-state index is 14.6. The zero-order valence-corrected chi connectivity index (χ0v) is 25.4. The fourth-order valence-corrected chi connectivity index (χ4v) is 5.21. The van der Waals surface area contributed by atoms with E-state index in [1.165, 1.54) is 27.6 Å². The van der Waals surface area contributed by atoms with Crippen molar-refractivity contribution in [3.8, 4) is 11.1 Å². The summed E-state index contributed by atoms with van der Waals surface area (Å²) < 4.78 is 16.6. The minimum Gasteiger partial charge on any atom is -0.345 e. The number of ketones is 1. The average Bonchev–Trinajstić information content (AvgIpc) is 3.54. The minimum absolute atomic E-state index is 0.0985. The standard InChI is InChI=1S/C29H28BrFN8O4/c1-15(40)27-22-8-20(17-10-32-16(2)33-11-17)21(29(43)37(3)4)9-23(22)39(36-27)14-26(41)38-13-19(31)7-24(38)28(42)35-25-6-5-18(30)12-34-25/h5-6,8-12,19,24H,7,13-14H2,1-4H3,(H,34,35,42)/t19-,24+/m1/s1. The van der Waals surface area contributed by atoms with Gasteiger partial charge < -0.3 is 15.1 Å². The van der Waals surface area contributed by atoms with E-state index >= 15 is 0 Å². The second-order valence-electron chi connectivity index (χ2n) is 10.4. The molecule has 1 saturated heterocycles. The summed E-state index contributed by atoms with van der Waals surface area (Å²) >= 11 is 3.28. The van der Waals surface area contributed by atoms with Crippen LogP contribution in [-0.2, 0) is 16.1 Å². The lowest BCUT2D eigenvalue weighted by atomic mass is 9.97. The van der Waals surface area contributed by atoms with Gasteiger partial charge in [0.2, 0.25) is 11.8 Å². The molecular weight excluding hydrogens is 623 g/mol. The number of nitrogens with one attached hydrogen (secondary N) is 1. The molecule has 14 heteroatoms. The van der Waals surface area contributed by atoms with Crippen molar-refractivity contribution in [2.75, 3.05) is 26.0 Å². The summed E-state index contributed by atoms with van der Waals surface area (Å²) in [4.78, 5) is 67.7. The van der Waals surface area contributed by atoms with Crippen LogP contribution >= 0.6 is 15.9 Å². The Hall–Kier alpha value is -4.59. The molecule has 3 amide bonds. The van der Waals surface area contributed by atoms with E-state index in [4.69, 9.17) is 0 Å². The molecule has 0 spiro atoms. The Kier molecular flexibility index (Phi) is 8.31. The highest BCUT2D eigenvalue weighted by Gasteiger charge is 2.40. The number of aromatic nitrogens is 5. The number of likely N-dealkylation sites (tertiary alicyclic amines) is 1. The predicted molar refractivity (Wildman–Crippen MR) is 159 cm³/mol. The zero-order chi connectivity index (χ0) is 31.0. The first kappa shape index (κ1) is 29.9. The van der Waals surface area contributed by atoms with Crippen molar-refractivity contribution in [1.82, 2.24) is 34.5 Å². The second kappa shape index (κ2) is 12.0. The van der Waals surface area contributed by atoms with Crippen LogP contribution in [0, 0.1) is 6.92 Å². The van der Waals surface area contributed by atoms with Gasteiger partial charge in [-0.15, -0.1) is 0 Å². The van der Waals surface area contributed by atoms with Crippen LogP contribution in [0.1, 0.15) is 40.0 Å². The number of fused-ring (bicyclic) bond motifs is 1. The quantitative estimate of drug-likeness (QED) is 0.300. The van der Waals surface area contributed by atoms with E-state index in [-0.39, 0.29) is 48.3 Å². The molecule has 4 heterocycles. The molecule has 1 aliphatic heterocycles. The molecule has 222 valence electrons. The van der Waals surface area contributed by atoms with Gasteiger partial charge in [-0.3, -0.25) is 23.9 Å². The fraction of sp³-hybridized carbons (Fsp3) is 0.310. The van der Waals surface area contributed by atoms with Gasteiger partial charge in [0.05, 0.1) is 12.1 Å². The molecule has 1 fully saturated rings. The SMILES string of the molecule is CC(=O)c1nn(CC(=O)N2C[C@H](F)C[C@H]2C(=O)Nc2ccc(Br)cn2)c2cc(C(=O)N(C)C)c(-c3cnc(C)nc3)cc12. The molecule has 0 aliphatic carbocycles. The molecule has 1 aliphatic rings. The maximum Gasteiger partial charge on any atom is 0.254 e. The van der Waals surface area contributed by atoms with Gasteiger partial charge in [-0.1, -0.05) is 0 Å². The first-order valence-electron chi connectivity index (χ1n) is 13.3. The monoisotopic (exact) mass is 650 g/mol. The van der Waals surface area contributed by atoms with Crippen molar-refractivity contribution in [3.05, 3.63) is 64.4 Å². The van der Waals surface area contributed by atoms with Gasteiger partial charge >= 0.3 is 0 Å². The number of halogens is 2. The largest absolute Gasteiger partial charge is 0.345 e. The number of pyridine rings is 1. The lowest BCUT2D eigenvalue weighted by molar-refractivity contribution is -0.137. The third-order valence-corrected chi connectivity index (χ3v) is 7.56. The van der Waals surface area contributed by atoms with E-state index in [2.05, 4.69) is 41.3 Å². The van der Waals surface area contributed by atoms with Crippen LogP contribution in [0.15, 0.2) is 47.3 Å². The second-order valence-corrected chi connectivity index (χ2v) is 11.4. The molecule has 43 heavy (non-hydrogen) atoms. The third kappa shape index (κ3) is 6.14. The highest BCUT2D eigenvalue weighted by atomic mass is 79.9. The Balaban J connectivity index is 1.51. The number of hydrogen-bond donors (Lipinski definition) is 1. The summed E-state index contributed by atoms with van der Waals surface area (Å²) in [5, 5.41) is 7.47. The van der Waals surface area contributed by atoms with Crippen molar-refractivity contribution in [2.45, 2.75) is 39.0 Å². The van der Waals surface area contributed by atoms with Crippen LogP contribution in [0.2, 0.25) is 0 Å². The Morgan fingerprint density at radius 2 is 1.81 bits per heavy atom. The highest BCUT2D eigenvalue weighted by molar-refractivity contribution is 9.10. The van der Waals surface area contributed by atoms with Crippen molar-refractivity contribution in [1.29, 1.82) is 0 Å². The van der Waals surface area contributed by atoms with E-state index in [9.17, 15) is 23.6 Å². The van der Waals surface area contributed by atoms with E-state index < -0.39 is 24.0 Å². The number of carbonyl (C=O) groups excluding carboxylic acids is 4. The predicted octanol–water partition coefficient (Wildman–Crippen LogP) is 3.44. The molecule has 0 bridgehead atoms. The average molecular weight is 651 g/mol. The van der Waals surface area contributed by atoms with Gasteiger partial charge in [0.15, 0.2) is 5.78 Å². The Bertz CT molecular complexity index is 1740. The summed E-state index contributed by atoms with van der Waals surface area (Å²) in [5.74, 6) is -0.988. The first-order chi connectivity index (χ1) is 20.4. The van der Waals surface area contributed by atoms with E-state index in [1.807, 2.05) is 0 Å². The smallest absolute Gasteiger partial charge is 0.254 e. The molecule has 3 aromatic heterocycles. The summed E-state index contributed by atoms with van der Waals surface area (Å²) in [6.45, 7) is 2.43. The Morgan fingerprint density at radius 1 is 1.09 bits per heavy atom. The number of amides is 3. The zero-order valence-electron chi connectivity index (χ0n) is 23.8. The normalized spacial score (nSPS) is 16.4. The molecule has 2 atom stereocenters. The number of aryl methyl sites for hydroxylation is 1. The summed E-state index contributed by atoms with van der Waals surface area (Å²) in [7, 11) is 3.22. The van der Waals surface area contributed by atoms with Crippen molar-refractivity contribution in [2.24, 2.45) is 0 Å². The Labute approximate surface area is 254 Å². The lowest BCUT2D eigenvalue weighted by Gasteiger charge is -2.23. The molecule has 1 aromatic carbocycles. The summed E-state index contributed by atoms with van der Waals surface area (Å²) in [5.41, 5.74) is 1.81. The van der Waals surface area contributed by atoms with Crippen molar-refractivity contribution >= 4 is 56.2 Å². The summed E-state index contributed by atoms with van der Waals surface area (Å²) in [6, 6.07) is 5.45. The van der Waals surface area contributed by atoms with E-state index in [0.717, 1.165) is 4.47 Å². The lowest BCUT2D eigenvalue weighted by Crippen LogP contribution is -2.44. The van der Waals surface area contributed by atoms with Gasteiger partial charge in [-0.05, 0) is 52.7 Å². The number of carbonyl (C=O) groups is 4. The Morgan fingerprint density at radius 3 is 2.44 bits per heavy atom. The number of nitrogens with zero attached hydrogens (tertiary/aromatic N) is 7. The number of rotatable bonds is 7. The van der Waals surface area contributed by atoms with Crippen LogP contribution in [0.25, 0.3) is 22.0 Å². The topological polar surface area (TPSA) is 143 Å². The molecule has 1 N–H and O–H groups in total. The van der Waals surface area contributed by atoms with Crippen LogP contribution < -0.4 is 5.32 Å². The summed E-state index contributed by atoms with van der Waals surface area (Å²) in [6.07, 6.45) is 3.12. The number of alkyl halides is 1. The van der Waals surface area contributed by atoms with Crippen LogP contribution in [0.5, 0.6) is 0 Å². The minimum atomic E-state index is -1.40. The molecule has 0 saturated carbocycles. The number of benzene rings is 1. The number of hydrogen-bond acceptors (Lipinski definition) is 8. The molecule has 5 rings (SSSR count). The van der Waals surface area contributed by atoms with Crippen LogP contribution in [0.3, 0.4) is 0 Å². The van der Waals surface area contributed by atoms with Gasteiger partial charge in [-0.2, -0.15) is 5.10 Å². The van der Waals surface area contributed by atoms with E-state index in [0.29, 0.717) is 27.9 Å². The third-order valence-electron chi connectivity index (χ3n) is 7.09. The van der Waals surface area contributed by atoms with Gasteiger partial charge in [0, 0.05) is 67.0 Å². The maximum atomic E-state index is 14.6. The van der Waals surface area contributed by atoms with Crippen LogP contribution in [-0.4, -0.2) is 90.9 Å².